The summed E-state index contributed by atoms with van der Waals surface area (Å²) in [5.41, 5.74) is 20.8. The molecule has 0 aromatic heterocycles. The molecule has 0 aliphatic rings. The fourth-order valence-corrected chi connectivity index (χ4v) is 6.53. The van der Waals surface area contributed by atoms with E-state index in [1.165, 1.54) is 11.9 Å². The van der Waals surface area contributed by atoms with Gasteiger partial charge in [-0.05, 0) is 80.3 Å². The van der Waals surface area contributed by atoms with Crippen LogP contribution in [0.4, 0.5) is 0 Å². The van der Waals surface area contributed by atoms with Gasteiger partial charge in [-0.2, -0.15) is 0 Å². The average molecular weight is 881 g/mol. The summed E-state index contributed by atoms with van der Waals surface area (Å²) in [5.74, 6) is -1.79. The number of benzene rings is 3. The Balaban J connectivity index is 0.00000367. The van der Waals surface area contributed by atoms with E-state index in [4.69, 9.17) is 26.7 Å². The number of amides is 5. The van der Waals surface area contributed by atoms with Crippen molar-refractivity contribution in [2.75, 3.05) is 65.8 Å². The van der Waals surface area contributed by atoms with Gasteiger partial charge in [0.2, 0.25) is 23.6 Å². The van der Waals surface area contributed by atoms with E-state index in [-0.39, 0.29) is 51.2 Å². The zero-order valence-electron chi connectivity index (χ0n) is 37.6. The Hall–Kier alpha value is -5.49. The topological polar surface area (TPSA) is 250 Å². The molecule has 3 rings (SSSR count). The third kappa shape index (κ3) is 17.8. The van der Waals surface area contributed by atoms with Crippen LogP contribution < -0.4 is 47.3 Å². The minimum absolute atomic E-state index is 0.150. The molecule has 2 atom stereocenters. The van der Waals surface area contributed by atoms with E-state index >= 15 is 0 Å². The molecular formula is C45H68N8O8S. The number of rotatable bonds is 23. The van der Waals surface area contributed by atoms with Gasteiger partial charge in [-0.3, -0.25) is 28.7 Å². The Morgan fingerprint density at radius 2 is 1.42 bits per heavy atom. The Morgan fingerprint density at radius 1 is 0.806 bits per heavy atom. The van der Waals surface area contributed by atoms with Crippen molar-refractivity contribution >= 4 is 47.8 Å². The van der Waals surface area contributed by atoms with E-state index in [9.17, 15) is 28.8 Å². The van der Waals surface area contributed by atoms with Gasteiger partial charge in [-0.15, -0.1) is 0 Å². The summed E-state index contributed by atoms with van der Waals surface area (Å²) in [6, 6.07) is 14.6. The largest absolute Gasteiger partial charge is 0.492 e. The quantitative estimate of drug-likeness (QED) is 0.0535. The zero-order valence-corrected chi connectivity index (χ0v) is 38.4. The third-order valence-corrected chi connectivity index (χ3v) is 9.38. The van der Waals surface area contributed by atoms with E-state index in [1.807, 2.05) is 52.8 Å². The second-order valence-corrected chi connectivity index (χ2v) is 14.3. The molecule has 0 fully saturated rings. The molecule has 342 valence electrons. The first kappa shape index (κ1) is 54.5. The molecule has 0 aliphatic heterocycles. The summed E-state index contributed by atoms with van der Waals surface area (Å²) >= 11 is 1.15. The predicted molar refractivity (Wildman–Crippen MR) is 247 cm³/mol. The number of carbonyl (C=O) groups excluding carboxylic acids is 6. The predicted octanol–water partition coefficient (Wildman–Crippen LogP) is 3.35. The lowest BCUT2D eigenvalue weighted by molar-refractivity contribution is -0.138. The Kier molecular flexibility index (Phi) is 26.8. The number of aldehydes is 1. The first-order valence-corrected chi connectivity index (χ1v) is 22.1. The maximum absolute atomic E-state index is 13.7. The molecule has 0 bridgehead atoms. The van der Waals surface area contributed by atoms with Crippen molar-refractivity contribution in [3.63, 3.8) is 0 Å². The number of carbonyl (C=O) groups is 6. The lowest BCUT2D eigenvalue weighted by Gasteiger charge is -2.28. The fraction of sp³-hybridized carbons (Fsp3) is 0.467. The average Bonchev–Trinajstić information content (AvgIpc) is 3.26. The SMILES string of the molecule is CC.CCCC(Cc1ccc(OCCN)c(-c2cc(C(C(=O)NCC=O)N(C)C(=O)CNC(=O)c3ccc(C)cc3C)ccc2OCCN)c1)C(=O)NCC(=O)NSC.CCN. The Labute approximate surface area is 371 Å². The first-order chi connectivity index (χ1) is 29.8. The van der Waals surface area contributed by atoms with Crippen LogP contribution in [0.1, 0.15) is 79.2 Å². The van der Waals surface area contributed by atoms with Gasteiger partial charge in [-0.1, -0.05) is 75.9 Å². The second-order valence-electron chi connectivity index (χ2n) is 13.7. The molecule has 2 unspecified atom stereocenters. The van der Waals surface area contributed by atoms with Gasteiger partial charge in [-0.25, -0.2) is 0 Å². The van der Waals surface area contributed by atoms with Gasteiger partial charge in [0, 0.05) is 49.0 Å². The molecule has 0 aliphatic carbocycles. The highest BCUT2D eigenvalue weighted by atomic mass is 32.2. The molecular weight excluding hydrogens is 813 g/mol. The van der Waals surface area contributed by atoms with Crippen LogP contribution >= 0.6 is 11.9 Å². The van der Waals surface area contributed by atoms with Crippen LogP contribution in [-0.4, -0.2) is 107 Å². The smallest absolute Gasteiger partial charge is 0.251 e. The molecule has 16 nitrogen and oxygen atoms in total. The van der Waals surface area contributed by atoms with Crippen molar-refractivity contribution in [3.05, 3.63) is 82.4 Å². The van der Waals surface area contributed by atoms with E-state index in [0.29, 0.717) is 52.9 Å². The first-order valence-electron chi connectivity index (χ1n) is 20.8. The second kappa shape index (κ2) is 30.5. The van der Waals surface area contributed by atoms with Gasteiger partial charge < -0.3 is 52.3 Å². The Morgan fingerprint density at radius 3 is 1.98 bits per heavy atom. The van der Waals surface area contributed by atoms with Crippen LogP contribution in [0, 0.1) is 19.8 Å². The normalized spacial score (nSPS) is 11.2. The summed E-state index contributed by atoms with van der Waals surface area (Å²) in [6.45, 7) is 12.3. The van der Waals surface area contributed by atoms with Gasteiger partial charge in [0.05, 0.1) is 19.6 Å². The fourth-order valence-electron chi connectivity index (χ4n) is 6.23. The minimum atomic E-state index is -1.24. The number of nitrogens with two attached hydrogens (primary N) is 3. The van der Waals surface area contributed by atoms with Crippen LogP contribution in [0.15, 0.2) is 54.6 Å². The van der Waals surface area contributed by atoms with Crippen LogP contribution in [0.3, 0.4) is 0 Å². The monoisotopic (exact) mass is 880 g/mol. The lowest BCUT2D eigenvalue weighted by Crippen LogP contribution is -2.45. The standard InChI is InChI=1S/C41H55N7O8S.C2H7N.C2H6/c1-6-7-30(39(52)45-24-36(50)47-57-5)21-28-9-12-34(55-18-14-42)32(22-28)33-23-29(10-13-35(33)56-19-15-43)38(41(54)44-16-17-49)48(4)37(51)25-46-40(53)31-11-8-26(2)20-27(31)3;1-2-3;1-2/h8-13,17,20,22-23,30,38H,6-7,14-16,18-19,21,24-25,42-43H2,1-5H3,(H,44,54)(H,45,52)(H,46,53)(H,47,50);2-3H2,1H3;1-2H3. The number of hydrogen-bond donors (Lipinski definition) is 7. The van der Waals surface area contributed by atoms with Gasteiger partial charge in [0.15, 0.2) is 0 Å². The molecule has 10 N–H and O–H groups in total. The van der Waals surface area contributed by atoms with E-state index in [2.05, 4.69) is 20.7 Å². The molecule has 0 saturated heterocycles. The van der Waals surface area contributed by atoms with Crippen LogP contribution in [-0.2, 0) is 30.4 Å². The van der Waals surface area contributed by atoms with Crippen molar-refractivity contribution in [2.45, 2.75) is 66.8 Å². The zero-order chi connectivity index (χ0) is 46.6. The molecule has 0 spiro atoms. The molecule has 3 aromatic rings. The molecule has 17 heteroatoms. The molecule has 62 heavy (non-hydrogen) atoms. The number of hydrogen-bond acceptors (Lipinski definition) is 12. The lowest BCUT2D eigenvalue weighted by atomic mass is 9.91. The third-order valence-electron chi connectivity index (χ3n) is 8.95. The van der Waals surface area contributed by atoms with Crippen molar-refractivity contribution in [1.29, 1.82) is 0 Å². The summed E-state index contributed by atoms with van der Waals surface area (Å²) in [7, 11) is 1.44. The van der Waals surface area contributed by atoms with Crippen molar-refractivity contribution < 1.29 is 38.2 Å². The summed E-state index contributed by atoms with van der Waals surface area (Å²) in [5, 5.41) is 7.95. The minimum Gasteiger partial charge on any atom is -0.492 e. The molecule has 0 radical (unpaired) electrons. The highest BCUT2D eigenvalue weighted by Crippen LogP contribution is 2.40. The van der Waals surface area contributed by atoms with Crippen molar-refractivity contribution in [1.82, 2.24) is 25.6 Å². The number of nitrogens with zero attached hydrogens (tertiary/aromatic N) is 1. The van der Waals surface area contributed by atoms with Crippen molar-refractivity contribution in [2.24, 2.45) is 23.1 Å². The van der Waals surface area contributed by atoms with Crippen molar-refractivity contribution in [3.8, 4) is 22.6 Å². The van der Waals surface area contributed by atoms with E-state index in [0.717, 1.165) is 41.6 Å². The molecule has 0 heterocycles. The van der Waals surface area contributed by atoms with E-state index in [1.54, 1.807) is 49.6 Å². The summed E-state index contributed by atoms with van der Waals surface area (Å²) < 4.78 is 14.8. The maximum Gasteiger partial charge on any atom is 0.251 e. The van der Waals surface area contributed by atoms with Gasteiger partial charge >= 0.3 is 0 Å². The summed E-state index contributed by atoms with van der Waals surface area (Å²) in [6.07, 6.45) is 3.90. The molecule has 0 saturated carbocycles. The molecule has 5 amide bonds. The molecule has 3 aromatic carbocycles. The highest BCUT2D eigenvalue weighted by Gasteiger charge is 2.30. The van der Waals surface area contributed by atoms with Crippen LogP contribution in [0.2, 0.25) is 0 Å². The number of aryl methyl sites for hydroxylation is 2. The van der Waals surface area contributed by atoms with Gasteiger partial charge in [0.1, 0.15) is 37.0 Å². The number of nitrogens with one attached hydrogen (secondary N) is 4. The summed E-state index contributed by atoms with van der Waals surface area (Å²) in [4.78, 5) is 78.2. The number of ether oxygens (including phenoxy) is 2. The van der Waals surface area contributed by atoms with Crippen LogP contribution in [0.5, 0.6) is 11.5 Å². The van der Waals surface area contributed by atoms with Crippen LogP contribution in [0.25, 0.3) is 11.1 Å². The Bertz CT molecular complexity index is 1900. The maximum atomic E-state index is 13.7. The van der Waals surface area contributed by atoms with E-state index < -0.39 is 36.2 Å². The number of likely N-dealkylation sites (N-methyl/N-ethyl adjacent to an activating group) is 1. The highest BCUT2D eigenvalue weighted by molar-refractivity contribution is 7.97. The van der Waals surface area contributed by atoms with Gasteiger partial charge in [0.25, 0.3) is 5.91 Å².